The lowest BCUT2D eigenvalue weighted by Crippen LogP contribution is -2.10. The molecule has 0 aliphatic carbocycles. The Bertz CT molecular complexity index is 7870. The highest BCUT2D eigenvalue weighted by atomic mass is 15.2. The molecule has 0 N–H and O–H groups in total. The topological polar surface area (TPSA) is 39.3 Å². The number of hydrogen-bond acceptors (Lipinski definition) is 3. The number of hydrogen-bond donors (Lipinski definition) is 0. The van der Waals surface area contributed by atoms with Crippen LogP contribution in [-0.2, 0) is 0 Å². The molecule has 0 saturated heterocycles. The summed E-state index contributed by atoms with van der Waals surface area (Å²) in [5, 5.41) is 11.3. The molecule has 9 heteroatoms. The van der Waals surface area contributed by atoms with Crippen LogP contribution in [0.25, 0.3) is 132 Å². The summed E-state index contributed by atoms with van der Waals surface area (Å²) in [6, 6.07) is 165. The first-order chi connectivity index (χ1) is 61.9. The summed E-state index contributed by atoms with van der Waals surface area (Å²) in [5.74, 6) is 0. The summed E-state index contributed by atoms with van der Waals surface area (Å²) < 4.78 is 14.1. The lowest BCUT2D eigenvalue weighted by Gasteiger charge is -2.26. The monoisotopic (exact) mass is 1600 g/mol. The van der Waals surface area contributed by atoms with E-state index in [0.717, 1.165) is 68.2 Å². The Labute approximate surface area is 725 Å². The molecule has 0 fully saturated rings. The Morgan fingerprint density at radius 2 is 0.392 bits per heavy atom. The number of benzene rings is 18. The van der Waals surface area contributed by atoms with Crippen molar-refractivity contribution in [1.29, 1.82) is 0 Å². The fraction of sp³-hybridized carbons (Fsp3) is 0.0172. The van der Waals surface area contributed by atoms with E-state index in [4.69, 9.17) is 0 Å². The van der Waals surface area contributed by atoms with Crippen LogP contribution in [0.3, 0.4) is 0 Å². The zero-order valence-corrected chi connectivity index (χ0v) is 69.1. The molecular formula is C116H85N9. The van der Waals surface area contributed by atoms with Crippen molar-refractivity contribution in [2.45, 2.75) is 13.8 Å². The zero-order chi connectivity index (χ0) is 83.3. The number of para-hydroxylation sites is 10. The predicted octanol–water partition coefficient (Wildman–Crippen LogP) is 31.2. The maximum absolute atomic E-state index is 2.40. The predicted molar refractivity (Wildman–Crippen MR) is 526 cm³/mol. The van der Waals surface area contributed by atoms with Gasteiger partial charge in [0, 0.05) is 152 Å². The van der Waals surface area contributed by atoms with E-state index < -0.39 is 0 Å². The fourth-order valence-corrected chi connectivity index (χ4v) is 18.6. The number of aromatic nitrogens is 6. The Morgan fingerprint density at radius 3 is 0.704 bits per heavy atom. The van der Waals surface area contributed by atoms with Crippen molar-refractivity contribution in [3.8, 4) is 34.1 Å². The van der Waals surface area contributed by atoms with Gasteiger partial charge in [-0.15, -0.1) is 0 Å². The van der Waals surface area contributed by atoms with E-state index in [1.165, 1.54) is 126 Å². The summed E-state index contributed by atoms with van der Waals surface area (Å²) >= 11 is 0. The Morgan fingerprint density at radius 1 is 0.152 bits per heavy atom. The van der Waals surface area contributed by atoms with Gasteiger partial charge in [0.25, 0.3) is 0 Å². The van der Waals surface area contributed by atoms with Crippen LogP contribution >= 0.6 is 0 Å². The van der Waals surface area contributed by atoms with E-state index in [9.17, 15) is 0 Å². The van der Waals surface area contributed by atoms with Crippen molar-refractivity contribution >= 4 is 149 Å². The van der Waals surface area contributed by atoms with E-state index in [1.807, 2.05) is 0 Å². The van der Waals surface area contributed by atoms with Crippen molar-refractivity contribution in [1.82, 2.24) is 27.4 Å². The highest BCUT2D eigenvalue weighted by Crippen LogP contribution is 2.45. The van der Waals surface area contributed by atoms with Crippen LogP contribution in [0, 0.1) is 13.8 Å². The van der Waals surface area contributed by atoms with Gasteiger partial charge in [0.15, 0.2) is 0 Å². The first-order valence-corrected chi connectivity index (χ1v) is 42.7. The van der Waals surface area contributed by atoms with E-state index in [-0.39, 0.29) is 0 Å². The minimum atomic E-state index is 1.11. The summed E-state index contributed by atoms with van der Waals surface area (Å²) in [7, 11) is 0. The van der Waals surface area contributed by atoms with Crippen LogP contribution in [0.2, 0.25) is 0 Å². The van der Waals surface area contributed by atoms with Crippen molar-refractivity contribution in [3.63, 3.8) is 0 Å². The molecule has 0 amide bonds. The third-order valence-electron chi connectivity index (χ3n) is 24.3. The average molecular weight is 1610 g/mol. The summed E-state index contributed by atoms with van der Waals surface area (Å²) in [6.45, 7) is 4.26. The van der Waals surface area contributed by atoms with Gasteiger partial charge >= 0.3 is 0 Å². The third kappa shape index (κ3) is 13.6. The Balaban J connectivity index is 0.000000111. The summed E-state index contributed by atoms with van der Waals surface area (Å²) in [6.07, 6.45) is 6.59. The first kappa shape index (κ1) is 74.7. The molecule has 0 saturated carbocycles. The lowest BCUT2D eigenvalue weighted by atomic mass is 10.1. The van der Waals surface area contributed by atoms with Crippen LogP contribution in [0.1, 0.15) is 11.1 Å². The van der Waals surface area contributed by atoms with E-state index in [0.29, 0.717) is 0 Å². The minimum Gasteiger partial charge on any atom is -0.316 e. The molecule has 6 heterocycles. The summed E-state index contributed by atoms with van der Waals surface area (Å²) in [5.41, 5.74) is 30.5. The second-order valence-electron chi connectivity index (χ2n) is 31.9. The van der Waals surface area contributed by atoms with Crippen molar-refractivity contribution in [2.24, 2.45) is 0 Å². The highest BCUT2D eigenvalue weighted by molar-refractivity contribution is 6.21. The number of anilines is 9. The molecule has 24 rings (SSSR count). The van der Waals surface area contributed by atoms with E-state index >= 15 is 0 Å². The molecule has 9 nitrogen and oxygen atoms in total. The Hall–Kier alpha value is -16.6. The molecule has 0 aliphatic rings. The molecule has 6 aromatic heterocycles. The van der Waals surface area contributed by atoms with Gasteiger partial charge < -0.3 is 42.1 Å². The van der Waals surface area contributed by atoms with Crippen molar-refractivity contribution in [2.75, 3.05) is 14.7 Å². The van der Waals surface area contributed by atoms with Crippen LogP contribution in [0.5, 0.6) is 0 Å². The maximum atomic E-state index is 2.40. The van der Waals surface area contributed by atoms with E-state index in [2.05, 4.69) is 536 Å². The van der Waals surface area contributed by atoms with Crippen molar-refractivity contribution < 1.29 is 0 Å². The third-order valence-corrected chi connectivity index (χ3v) is 24.3. The van der Waals surface area contributed by atoms with Crippen LogP contribution < -0.4 is 14.7 Å². The smallest absolute Gasteiger partial charge is 0.0635 e. The molecule has 0 spiro atoms. The fourth-order valence-electron chi connectivity index (χ4n) is 18.6. The lowest BCUT2D eigenvalue weighted by molar-refractivity contribution is 1.12. The molecule has 0 radical (unpaired) electrons. The SMILES string of the molecule is Cc1ccc(N(c2ccc(C)cc2)c2ccc(-n3ccc4c3ccc3c5ccccc5n(-c5ccccc5)c34)cc2)cc1.c1ccc(N(c2ccccc2)c2ccc(-n3ccc4c3ccc3c5ccccc5n(-c5ccccc5)c34)cc2)cc1.c1ccc(N(c2ccccc2)c2cccc(-n3ccc4c3ccc3c5ccccc5n(-c5ccccc5)c34)c2)cc1. The number of nitrogens with zero attached hydrogens (tertiary/aromatic N) is 9. The van der Waals surface area contributed by atoms with E-state index in [1.54, 1.807) is 0 Å². The minimum absolute atomic E-state index is 1.11. The van der Waals surface area contributed by atoms with Gasteiger partial charge in [0.1, 0.15) is 0 Å². The normalized spacial score (nSPS) is 11.4. The number of aryl methyl sites for hydroxylation is 2. The number of rotatable bonds is 15. The molecule has 0 bridgehead atoms. The molecular weight excluding hydrogens is 1520 g/mol. The van der Waals surface area contributed by atoms with Crippen LogP contribution in [0.15, 0.2) is 480 Å². The molecule has 0 aliphatic heterocycles. The average Bonchev–Trinajstić information content (AvgIpc) is 1.58. The van der Waals surface area contributed by atoms with Gasteiger partial charge in [-0.25, -0.2) is 0 Å². The van der Waals surface area contributed by atoms with Crippen LogP contribution in [0.4, 0.5) is 51.2 Å². The molecule has 0 unspecified atom stereocenters. The second-order valence-corrected chi connectivity index (χ2v) is 31.9. The molecule has 0 atom stereocenters. The zero-order valence-electron chi connectivity index (χ0n) is 69.1. The molecule has 125 heavy (non-hydrogen) atoms. The largest absolute Gasteiger partial charge is 0.316 e. The quantitative estimate of drug-likeness (QED) is 0.103. The van der Waals surface area contributed by atoms with Gasteiger partial charge in [-0.1, -0.05) is 242 Å². The molecule has 24 aromatic rings. The summed E-state index contributed by atoms with van der Waals surface area (Å²) in [4.78, 5) is 6.92. The number of fused-ring (bicyclic) bond motifs is 15. The Kier molecular flexibility index (Phi) is 19.2. The van der Waals surface area contributed by atoms with Gasteiger partial charge in [-0.3, -0.25) is 0 Å². The second kappa shape index (κ2) is 32.2. The maximum Gasteiger partial charge on any atom is 0.0635 e. The molecule has 18 aromatic carbocycles. The van der Waals surface area contributed by atoms with Crippen LogP contribution in [-0.4, -0.2) is 27.4 Å². The highest BCUT2D eigenvalue weighted by Gasteiger charge is 2.24. The van der Waals surface area contributed by atoms with Gasteiger partial charge in [-0.05, 0) is 244 Å². The van der Waals surface area contributed by atoms with Gasteiger partial charge in [0.05, 0.1) is 49.7 Å². The molecule has 594 valence electrons. The van der Waals surface area contributed by atoms with Gasteiger partial charge in [0.2, 0.25) is 0 Å². The first-order valence-electron chi connectivity index (χ1n) is 42.7. The van der Waals surface area contributed by atoms with Crippen molar-refractivity contribution in [3.05, 3.63) is 491 Å². The standard InChI is InChI=1S/C40H31N3.2C38H27N3/c1-28-12-16-32(17-13-28)42(33-18-14-29(2)15-19-33)34-22-20-30(21-23-34)41-27-26-37-38(41)25-24-36-35-10-6-7-11-39(35)43(40(36)37)31-8-4-3-5-9-31;1-4-13-28(14-5-1)40(29-15-6-2-7-16-29)32-20-12-19-31(27-32)39-26-25-35-36(39)24-23-34-33-21-10-11-22-37(33)41(38(34)35)30-17-8-3-9-18-30;1-4-12-29(13-5-1)40(30-14-6-2-7-15-30)32-22-20-28(21-23-32)39-27-26-35-36(39)25-24-34-33-18-10-11-19-37(33)41(38(34)35)31-16-8-3-9-17-31/h3-27H,1-2H3;2*1-27H. The van der Waals surface area contributed by atoms with Gasteiger partial charge in [-0.2, -0.15) is 0 Å².